The van der Waals surface area contributed by atoms with Crippen molar-refractivity contribution in [3.05, 3.63) is 34.2 Å². The SMILES string of the molecule is NCC1CCCCN1C(=O)c1cc[nH]c(=O)c1. The Hall–Kier alpha value is -1.62. The zero-order chi connectivity index (χ0) is 12.3. The minimum Gasteiger partial charge on any atom is -0.334 e. The van der Waals surface area contributed by atoms with Gasteiger partial charge in [0.25, 0.3) is 5.91 Å². The van der Waals surface area contributed by atoms with Gasteiger partial charge in [-0.15, -0.1) is 0 Å². The monoisotopic (exact) mass is 235 g/mol. The summed E-state index contributed by atoms with van der Waals surface area (Å²) < 4.78 is 0. The van der Waals surface area contributed by atoms with Gasteiger partial charge in [-0.25, -0.2) is 0 Å². The Morgan fingerprint density at radius 3 is 3.06 bits per heavy atom. The second kappa shape index (κ2) is 5.14. The van der Waals surface area contributed by atoms with Gasteiger partial charge in [0.15, 0.2) is 0 Å². The summed E-state index contributed by atoms with van der Waals surface area (Å²) in [6.07, 6.45) is 4.56. The molecule has 17 heavy (non-hydrogen) atoms. The number of rotatable bonds is 2. The van der Waals surface area contributed by atoms with E-state index in [-0.39, 0.29) is 17.5 Å². The zero-order valence-corrected chi connectivity index (χ0v) is 9.69. The normalized spacial score (nSPS) is 20.3. The average molecular weight is 235 g/mol. The van der Waals surface area contributed by atoms with Crippen LogP contribution in [0.1, 0.15) is 29.6 Å². The van der Waals surface area contributed by atoms with E-state index in [1.807, 2.05) is 0 Å². The van der Waals surface area contributed by atoms with Crippen LogP contribution in [-0.2, 0) is 0 Å². The molecule has 1 fully saturated rings. The number of nitrogens with zero attached hydrogens (tertiary/aromatic N) is 1. The molecule has 1 saturated heterocycles. The highest BCUT2D eigenvalue weighted by molar-refractivity contribution is 5.94. The number of H-pyrrole nitrogens is 1. The molecule has 2 rings (SSSR count). The van der Waals surface area contributed by atoms with E-state index in [9.17, 15) is 9.59 Å². The van der Waals surface area contributed by atoms with Crippen LogP contribution in [0.4, 0.5) is 0 Å². The van der Waals surface area contributed by atoms with Gasteiger partial charge in [0.2, 0.25) is 5.56 Å². The molecule has 1 amide bonds. The first-order valence-electron chi connectivity index (χ1n) is 5.92. The molecule has 0 radical (unpaired) electrons. The third-order valence-electron chi connectivity index (χ3n) is 3.18. The fourth-order valence-electron chi connectivity index (χ4n) is 2.26. The molecule has 1 aromatic heterocycles. The number of piperidine rings is 1. The first-order valence-corrected chi connectivity index (χ1v) is 5.92. The molecular formula is C12H17N3O2. The van der Waals surface area contributed by atoms with Gasteiger partial charge in [-0.3, -0.25) is 9.59 Å². The van der Waals surface area contributed by atoms with Gasteiger partial charge in [0.1, 0.15) is 0 Å². The lowest BCUT2D eigenvalue weighted by atomic mass is 10.0. The summed E-state index contributed by atoms with van der Waals surface area (Å²) in [5, 5.41) is 0. The highest BCUT2D eigenvalue weighted by Gasteiger charge is 2.26. The predicted molar refractivity (Wildman–Crippen MR) is 64.8 cm³/mol. The van der Waals surface area contributed by atoms with Gasteiger partial charge in [0.05, 0.1) is 0 Å². The fourth-order valence-corrected chi connectivity index (χ4v) is 2.26. The zero-order valence-electron chi connectivity index (χ0n) is 9.69. The number of carbonyl (C=O) groups excluding carboxylic acids is 1. The van der Waals surface area contributed by atoms with Crippen molar-refractivity contribution in [2.24, 2.45) is 5.73 Å². The second-order valence-corrected chi connectivity index (χ2v) is 4.33. The van der Waals surface area contributed by atoms with Crippen LogP contribution in [-0.4, -0.2) is 34.9 Å². The summed E-state index contributed by atoms with van der Waals surface area (Å²) in [5.74, 6) is -0.0914. The topological polar surface area (TPSA) is 79.2 Å². The van der Waals surface area contributed by atoms with Crippen LogP contribution in [0.15, 0.2) is 23.1 Å². The number of hydrogen-bond donors (Lipinski definition) is 2. The summed E-state index contributed by atoms with van der Waals surface area (Å²) in [7, 11) is 0. The maximum Gasteiger partial charge on any atom is 0.254 e. The van der Waals surface area contributed by atoms with E-state index < -0.39 is 0 Å². The number of amides is 1. The number of hydrogen-bond acceptors (Lipinski definition) is 3. The largest absolute Gasteiger partial charge is 0.334 e. The maximum absolute atomic E-state index is 12.2. The number of aromatic amines is 1. The van der Waals surface area contributed by atoms with Gasteiger partial charge in [0, 0.05) is 37.0 Å². The van der Waals surface area contributed by atoms with E-state index in [0.717, 1.165) is 25.8 Å². The molecule has 5 nitrogen and oxygen atoms in total. The van der Waals surface area contributed by atoms with E-state index in [0.29, 0.717) is 12.1 Å². The Balaban J connectivity index is 2.21. The van der Waals surface area contributed by atoms with Crippen molar-refractivity contribution >= 4 is 5.91 Å². The summed E-state index contributed by atoms with van der Waals surface area (Å²) in [4.78, 5) is 27.7. The highest BCUT2D eigenvalue weighted by atomic mass is 16.2. The van der Waals surface area contributed by atoms with Gasteiger partial charge in [-0.05, 0) is 25.3 Å². The first-order chi connectivity index (χ1) is 8.22. The van der Waals surface area contributed by atoms with Crippen LogP contribution >= 0.6 is 0 Å². The average Bonchev–Trinajstić information content (AvgIpc) is 2.38. The Labute approximate surface area is 99.6 Å². The summed E-state index contributed by atoms with van der Waals surface area (Å²) in [5.41, 5.74) is 5.86. The van der Waals surface area contributed by atoms with Gasteiger partial charge < -0.3 is 15.6 Å². The number of likely N-dealkylation sites (tertiary alicyclic amines) is 1. The molecule has 0 saturated carbocycles. The van der Waals surface area contributed by atoms with E-state index in [1.165, 1.54) is 12.3 Å². The predicted octanol–water partition coefficient (Wildman–Crippen LogP) is 0.328. The summed E-state index contributed by atoms with van der Waals surface area (Å²) >= 11 is 0. The molecular weight excluding hydrogens is 218 g/mol. The molecule has 3 N–H and O–H groups in total. The quantitative estimate of drug-likeness (QED) is 0.775. The van der Waals surface area contributed by atoms with Crippen molar-refractivity contribution in [1.29, 1.82) is 0 Å². The van der Waals surface area contributed by atoms with E-state index in [2.05, 4.69) is 4.98 Å². The lowest BCUT2D eigenvalue weighted by molar-refractivity contribution is 0.0623. The van der Waals surface area contributed by atoms with Crippen LogP contribution in [0, 0.1) is 0 Å². The van der Waals surface area contributed by atoms with Crippen molar-refractivity contribution in [1.82, 2.24) is 9.88 Å². The van der Waals surface area contributed by atoms with Crippen molar-refractivity contribution in [2.45, 2.75) is 25.3 Å². The van der Waals surface area contributed by atoms with Crippen molar-refractivity contribution in [2.75, 3.05) is 13.1 Å². The number of nitrogens with one attached hydrogen (secondary N) is 1. The summed E-state index contributed by atoms with van der Waals surface area (Å²) in [6.45, 7) is 1.21. The highest BCUT2D eigenvalue weighted by Crippen LogP contribution is 2.18. The Kier molecular flexibility index (Phi) is 3.58. The molecule has 92 valence electrons. The van der Waals surface area contributed by atoms with Crippen LogP contribution < -0.4 is 11.3 Å². The standard InChI is InChI=1S/C12H17N3O2/c13-8-10-3-1-2-6-15(10)12(17)9-4-5-14-11(16)7-9/h4-5,7,10H,1-3,6,8,13H2,(H,14,16). The molecule has 0 bridgehead atoms. The molecule has 2 heterocycles. The van der Waals surface area contributed by atoms with E-state index >= 15 is 0 Å². The van der Waals surface area contributed by atoms with Gasteiger partial charge in [-0.1, -0.05) is 0 Å². The van der Waals surface area contributed by atoms with Crippen molar-refractivity contribution in [3.63, 3.8) is 0 Å². The Morgan fingerprint density at radius 1 is 1.53 bits per heavy atom. The van der Waals surface area contributed by atoms with E-state index in [1.54, 1.807) is 11.0 Å². The lowest BCUT2D eigenvalue weighted by Crippen LogP contribution is -2.47. The maximum atomic E-state index is 12.2. The minimum atomic E-state index is -0.253. The fraction of sp³-hybridized carbons (Fsp3) is 0.500. The van der Waals surface area contributed by atoms with Crippen LogP contribution in [0.5, 0.6) is 0 Å². The minimum absolute atomic E-state index is 0.0914. The van der Waals surface area contributed by atoms with Gasteiger partial charge in [-0.2, -0.15) is 0 Å². The molecule has 1 aromatic rings. The third-order valence-corrected chi connectivity index (χ3v) is 3.18. The van der Waals surface area contributed by atoms with Crippen molar-refractivity contribution < 1.29 is 4.79 Å². The summed E-state index contributed by atoms with van der Waals surface area (Å²) in [6, 6.07) is 3.08. The van der Waals surface area contributed by atoms with Crippen LogP contribution in [0.3, 0.4) is 0 Å². The Morgan fingerprint density at radius 2 is 2.35 bits per heavy atom. The van der Waals surface area contributed by atoms with E-state index in [4.69, 9.17) is 5.73 Å². The third kappa shape index (κ3) is 2.55. The molecule has 1 unspecified atom stereocenters. The second-order valence-electron chi connectivity index (χ2n) is 4.33. The molecule has 5 heteroatoms. The smallest absolute Gasteiger partial charge is 0.254 e. The number of nitrogens with two attached hydrogens (primary N) is 1. The van der Waals surface area contributed by atoms with Crippen LogP contribution in [0.25, 0.3) is 0 Å². The van der Waals surface area contributed by atoms with Crippen LogP contribution in [0.2, 0.25) is 0 Å². The molecule has 0 aromatic carbocycles. The molecule has 1 aliphatic rings. The molecule has 0 aliphatic carbocycles. The first kappa shape index (κ1) is 11.9. The Bertz CT molecular complexity index is 455. The number of carbonyl (C=O) groups is 1. The van der Waals surface area contributed by atoms with Gasteiger partial charge >= 0.3 is 0 Å². The molecule has 0 spiro atoms. The molecule has 1 aliphatic heterocycles. The lowest BCUT2D eigenvalue weighted by Gasteiger charge is -2.35. The number of pyridine rings is 1. The van der Waals surface area contributed by atoms with Crippen molar-refractivity contribution in [3.8, 4) is 0 Å². The molecule has 1 atom stereocenters. The number of aromatic nitrogens is 1.